The van der Waals surface area contributed by atoms with Crippen LogP contribution in [0.1, 0.15) is 45.4 Å². The maximum atomic E-state index is 11.6. The van der Waals surface area contributed by atoms with Crippen molar-refractivity contribution in [3.05, 3.63) is 21.6 Å². The van der Waals surface area contributed by atoms with Crippen LogP contribution in [0.3, 0.4) is 0 Å². The molecule has 0 bridgehead atoms. The molecule has 7 heteroatoms. The van der Waals surface area contributed by atoms with Crippen LogP contribution in [0.5, 0.6) is 5.75 Å². The molecule has 0 unspecified atom stereocenters. The van der Waals surface area contributed by atoms with Crippen molar-refractivity contribution >= 4 is 47.3 Å². The Morgan fingerprint density at radius 2 is 1.76 bits per heavy atom. The lowest BCUT2D eigenvalue weighted by atomic mass is 10.1. The van der Waals surface area contributed by atoms with E-state index in [-0.39, 0.29) is 15.7 Å². The summed E-state index contributed by atoms with van der Waals surface area (Å²) in [5.74, 6) is 0.128. The minimum atomic E-state index is -3.90. The summed E-state index contributed by atoms with van der Waals surface area (Å²) in [5.41, 5.74) is 0. The Morgan fingerprint density at radius 1 is 1.14 bits per heavy atom. The van der Waals surface area contributed by atoms with Crippen molar-refractivity contribution in [1.29, 1.82) is 0 Å². The van der Waals surface area contributed by atoms with E-state index in [4.69, 9.17) is 27.0 Å². The van der Waals surface area contributed by atoms with Crippen molar-refractivity contribution in [1.82, 2.24) is 0 Å². The first kappa shape index (κ1) is 19.1. The van der Waals surface area contributed by atoms with Gasteiger partial charge in [-0.05, 0) is 18.6 Å². The Hall–Kier alpha value is 0.0300. The summed E-state index contributed by atoms with van der Waals surface area (Å²) >= 11 is 9.24. The third kappa shape index (κ3) is 6.76. The molecule has 0 spiro atoms. The second-order valence-electron chi connectivity index (χ2n) is 4.77. The standard InChI is InChI=1S/C14H19BrCl2O3S/c1-2-3-4-5-6-7-8-20-14-12(16)9-11(15)10-13(14)21(17,18)19/h9-10H,2-8H2,1H3. The molecule has 0 aliphatic carbocycles. The van der Waals surface area contributed by atoms with Crippen LogP contribution in [0.2, 0.25) is 5.02 Å². The first-order valence-electron chi connectivity index (χ1n) is 6.92. The normalized spacial score (nSPS) is 11.6. The van der Waals surface area contributed by atoms with E-state index in [0.717, 1.165) is 19.3 Å². The molecule has 0 N–H and O–H groups in total. The highest BCUT2D eigenvalue weighted by Crippen LogP contribution is 2.37. The van der Waals surface area contributed by atoms with Gasteiger partial charge in [0.25, 0.3) is 9.05 Å². The fourth-order valence-electron chi connectivity index (χ4n) is 1.91. The Balaban J connectivity index is 2.63. The molecule has 0 aliphatic heterocycles. The van der Waals surface area contributed by atoms with Crippen LogP contribution in [-0.2, 0) is 9.05 Å². The molecule has 0 aromatic heterocycles. The van der Waals surface area contributed by atoms with Crippen molar-refractivity contribution in [3.8, 4) is 5.75 Å². The summed E-state index contributed by atoms with van der Waals surface area (Å²) in [6.45, 7) is 2.60. The lowest BCUT2D eigenvalue weighted by Crippen LogP contribution is -2.03. The van der Waals surface area contributed by atoms with Gasteiger partial charge in [-0.3, -0.25) is 0 Å². The highest BCUT2D eigenvalue weighted by molar-refractivity contribution is 9.10. The van der Waals surface area contributed by atoms with E-state index in [1.165, 1.54) is 25.3 Å². The quantitative estimate of drug-likeness (QED) is 0.378. The molecule has 1 rings (SSSR count). The molecular formula is C14H19BrCl2O3S. The van der Waals surface area contributed by atoms with E-state index in [2.05, 4.69) is 22.9 Å². The van der Waals surface area contributed by atoms with Crippen molar-refractivity contribution in [2.24, 2.45) is 0 Å². The Bertz CT molecular complexity index is 562. The maximum Gasteiger partial charge on any atom is 0.265 e. The zero-order valence-corrected chi connectivity index (χ0v) is 15.8. The summed E-state index contributed by atoms with van der Waals surface area (Å²) < 4.78 is 29.2. The Kier molecular flexibility index (Phi) is 8.39. The number of unbranched alkanes of at least 4 members (excludes halogenated alkanes) is 5. The van der Waals surface area contributed by atoms with Gasteiger partial charge in [0.1, 0.15) is 4.90 Å². The van der Waals surface area contributed by atoms with Crippen molar-refractivity contribution in [2.75, 3.05) is 6.61 Å². The summed E-state index contributed by atoms with van der Waals surface area (Å²) in [6.07, 6.45) is 6.74. The van der Waals surface area contributed by atoms with Crippen molar-refractivity contribution in [2.45, 2.75) is 50.3 Å². The molecule has 0 heterocycles. The zero-order valence-electron chi connectivity index (χ0n) is 11.9. The lowest BCUT2D eigenvalue weighted by Gasteiger charge is -2.12. The average molecular weight is 418 g/mol. The molecule has 120 valence electrons. The van der Waals surface area contributed by atoms with E-state index in [1.54, 1.807) is 6.07 Å². The van der Waals surface area contributed by atoms with Gasteiger partial charge >= 0.3 is 0 Å². The molecular weight excluding hydrogens is 399 g/mol. The van der Waals surface area contributed by atoms with E-state index in [9.17, 15) is 8.42 Å². The predicted octanol–water partition coefficient (Wildman–Crippen LogP) is 5.77. The SMILES string of the molecule is CCCCCCCCOc1c(Cl)cc(Br)cc1S(=O)(=O)Cl. The number of rotatable bonds is 9. The van der Waals surface area contributed by atoms with Gasteiger partial charge in [-0.1, -0.05) is 66.6 Å². The van der Waals surface area contributed by atoms with Gasteiger partial charge in [-0.2, -0.15) is 0 Å². The van der Waals surface area contributed by atoms with Crippen LogP contribution in [0, 0.1) is 0 Å². The lowest BCUT2D eigenvalue weighted by molar-refractivity contribution is 0.297. The number of halogens is 3. The largest absolute Gasteiger partial charge is 0.491 e. The topological polar surface area (TPSA) is 43.4 Å². The number of hydrogen-bond donors (Lipinski definition) is 0. The zero-order chi connectivity index (χ0) is 15.9. The minimum Gasteiger partial charge on any atom is -0.491 e. The van der Waals surface area contributed by atoms with Crippen LogP contribution < -0.4 is 4.74 Å². The highest BCUT2D eigenvalue weighted by Gasteiger charge is 2.20. The number of hydrogen-bond acceptors (Lipinski definition) is 3. The molecule has 1 aromatic carbocycles. The highest BCUT2D eigenvalue weighted by atomic mass is 79.9. The number of ether oxygens (including phenoxy) is 1. The maximum absolute atomic E-state index is 11.6. The summed E-state index contributed by atoms with van der Waals surface area (Å²) in [6, 6.07) is 2.98. The second-order valence-corrected chi connectivity index (χ2v) is 8.63. The first-order chi connectivity index (χ1) is 9.86. The predicted molar refractivity (Wildman–Crippen MR) is 91.1 cm³/mol. The van der Waals surface area contributed by atoms with Gasteiger partial charge in [-0.15, -0.1) is 0 Å². The van der Waals surface area contributed by atoms with E-state index >= 15 is 0 Å². The van der Waals surface area contributed by atoms with Crippen LogP contribution in [-0.4, -0.2) is 15.0 Å². The minimum absolute atomic E-state index is 0.102. The molecule has 0 saturated carbocycles. The molecule has 21 heavy (non-hydrogen) atoms. The molecule has 0 atom stereocenters. The Labute approximate surface area is 144 Å². The van der Waals surface area contributed by atoms with Crippen molar-refractivity contribution in [3.63, 3.8) is 0 Å². The van der Waals surface area contributed by atoms with Gasteiger partial charge < -0.3 is 4.74 Å². The molecule has 0 radical (unpaired) electrons. The van der Waals surface area contributed by atoms with Crippen LogP contribution in [0.4, 0.5) is 0 Å². The fraction of sp³-hybridized carbons (Fsp3) is 0.571. The fourth-order valence-corrected chi connectivity index (χ4v) is 3.99. The van der Waals surface area contributed by atoms with Gasteiger partial charge in [-0.25, -0.2) is 8.42 Å². The van der Waals surface area contributed by atoms with Crippen LogP contribution in [0.15, 0.2) is 21.5 Å². The average Bonchev–Trinajstić information content (AvgIpc) is 2.38. The number of benzene rings is 1. The summed E-state index contributed by atoms with van der Waals surface area (Å²) in [5, 5.41) is 0.231. The molecule has 1 aromatic rings. The van der Waals surface area contributed by atoms with Crippen LogP contribution in [0.25, 0.3) is 0 Å². The van der Waals surface area contributed by atoms with E-state index < -0.39 is 9.05 Å². The first-order valence-corrected chi connectivity index (χ1v) is 10.4. The van der Waals surface area contributed by atoms with Crippen molar-refractivity contribution < 1.29 is 13.2 Å². The second kappa shape index (κ2) is 9.23. The van der Waals surface area contributed by atoms with E-state index in [0.29, 0.717) is 11.1 Å². The smallest absolute Gasteiger partial charge is 0.265 e. The summed E-state index contributed by atoms with van der Waals surface area (Å²) in [7, 11) is 1.52. The molecule has 3 nitrogen and oxygen atoms in total. The molecule has 0 saturated heterocycles. The Morgan fingerprint density at radius 3 is 2.38 bits per heavy atom. The monoisotopic (exact) mass is 416 g/mol. The third-order valence-electron chi connectivity index (χ3n) is 2.98. The van der Waals surface area contributed by atoms with Gasteiger partial charge in [0.2, 0.25) is 0 Å². The molecule has 0 fully saturated rings. The van der Waals surface area contributed by atoms with Crippen LogP contribution >= 0.6 is 38.2 Å². The van der Waals surface area contributed by atoms with E-state index in [1.807, 2.05) is 0 Å². The van der Waals surface area contributed by atoms with Gasteiger partial charge in [0, 0.05) is 15.2 Å². The molecule has 0 aliphatic rings. The molecule has 0 amide bonds. The van der Waals surface area contributed by atoms with Gasteiger partial charge in [0.15, 0.2) is 5.75 Å². The van der Waals surface area contributed by atoms with Gasteiger partial charge in [0.05, 0.1) is 11.6 Å². The summed E-state index contributed by atoms with van der Waals surface area (Å²) in [4.78, 5) is -0.102. The third-order valence-corrected chi connectivity index (χ3v) is 5.05.